The number of ether oxygens (including phenoxy) is 1. The molecule has 42 heavy (non-hydrogen) atoms. The molecule has 3 aromatic carbocycles. The molecule has 2 N–H and O–H groups in total. The second-order valence-corrected chi connectivity index (χ2v) is 10.3. The molecule has 1 heterocycles. The standard InChI is InChI=1S/C32H30ClF3N2O4/c1-2-5-24(20-8-10-22(11-9-20)31(41)37-17-16-30(39)40)26(21-12-14-23(33)15-13-21)19-42-28-18-29(32(34,35)36)38-27-7-4-3-6-25(27)28/h3-4,6-15,18,24,26H,2,5,16-17,19H2,1H3,(H,37,41)(H,39,40)/t24-,26+/m1/s1. The van der Waals surface area contributed by atoms with E-state index in [1.807, 2.05) is 31.2 Å². The number of hydrogen-bond acceptors (Lipinski definition) is 4. The van der Waals surface area contributed by atoms with E-state index in [1.165, 1.54) is 6.07 Å². The Labute approximate surface area is 246 Å². The van der Waals surface area contributed by atoms with Crippen LogP contribution in [0.1, 0.15) is 65.2 Å². The van der Waals surface area contributed by atoms with Gasteiger partial charge in [0.05, 0.1) is 18.5 Å². The number of amides is 1. The van der Waals surface area contributed by atoms with Gasteiger partial charge in [-0.3, -0.25) is 9.59 Å². The number of alkyl halides is 3. The molecule has 0 bridgehead atoms. The molecule has 1 amide bonds. The molecule has 0 saturated heterocycles. The number of carboxylic acid groups (broad SMARTS) is 1. The monoisotopic (exact) mass is 598 g/mol. The third kappa shape index (κ3) is 7.79. The van der Waals surface area contributed by atoms with Gasteiger partial charge < -0.3 is 15.2 Å². The summed E-state index contributed by atoms with van der Waals surface area (Å²) in [7, 11) is 0. The van der Waals surface area contributed by atoms with Crippen LogP contribution in [0.5, 0.6) is 5.75 Å². The Morgan fingerprint density at radius 1 is 0.976 bits per heavy atom. The minimum atomic E-state index is -4.63. The van der Waals surface area contributed by atoms with E-state index in [-0.39, 0.29) is 48.6 Å². The summed E-state index contributed by atoms with van der Waals surface area (Å²) in [5.74, 6) is -1.65. The van der Waals surface area contributed by atoms with Crippen LogP contribution in [0.15, 0.2) is 78.9 Å². The predicted molar refractivity (Wildman–Crippen MR) is 155 cm³/mol. The predicted octanol–water partition coefficient (Wildman–Crippen LogP) is 7.86. The molecule has 10 heteroatoms. The number of rotatable bonds is 12. The Hall–Kier alpha value is -4.11. The van der Waals surface area contributed by atoms with E-state index in [2.05, 4.69) is 10.3 Å². The summed E-state index contributed by atoms with van der Waals surface area (Å²) in [5.41, 5.74) is 1.39. The van der Waals surface area contributed by atoms with Gasteiger partial charge in [-0.25, -0.2) is 4.98 Å². The van der Waals surface area contributed by atoms with Crippen molar-refractivity contribution in [3.63, 3.8) is 0 Å². The first kappa shape index (κ1) is 30.8. The number of fused-ring (bicyclic) bond motifs is 1. The molecule has 0 saturated carbocycles. The van der Waals surface area contributed by atoms with Gasteiger partial charge in [-0.15, -0.1) is 0 Å². The maximum absolute atomic E-state index is 13.7. The molecule has 4 rings (SSSR count). The summed E-state index contributed by atoms with van der Waals surface area (Å²) in [6.45, 7) is 2.14. The van der Waals surface area contributed by atoms with Crippen molar-refractivity contribution < 1.29 is 32.6 Å². The lowest BCUT2D eigenvalue weighted by atomic mass is 9.79. The average Bonchev–Trinajstić information content (AvgIpc) is 2.96. The largest absolute Gasteiger partial charge is 0.492 e. The quantitative estimate of drug-likeness (QED) is 0.173. The van der Waals surface area contributed by atoms with Crippen molar-refractivity contribution in [2.24, 2.45) is 0 Å². The molecule has 220 valence electrons. The van der Waals surface area contributed by atoms with Crippen molar-refractivity contribution in [1.29, 1.82) is 0 Å². The summed E-state index contributed by atoms with van der Waals surface area (Å²) in [6, 6.07) is 21.8. The van der Waals surface area contributed by atoms with E-state index < -0.39 is 17.8 Å². The number of hydrogen-bond donors (Lipinski definition) is 2. The zero-order valence-electron chi connectivity index (χ0n) is 22.8. The third-order valence-corrected chi connectivity index (χ3v) is 7.25. The number of pyridine rings is 1. The minimum Gasteiger partial charge on any atom is -0.492 e. The van der Waals surface area contributed by atoms with Gasteiger partial charge >= 0.3 is 12.1 Å². The fourth-order valence-corrected chi connectivity index (χ4v) is 5.05. The summed E-state index contributed by atoms with van der Waals surface area (Å²) >= 11 is 6.16. The van der Waals surface area contributed by atoms with E-state index >= 15 is 0 Å². The Bertz CT molecular complexity index is 1530. The van der Waals surface area contributed by atoms with Crippen LogP contribution in [0, 0.1) is 0 Å². The van der Waals surface area contributed by atoms with Gasteiger partial charge in [0.15, 0.2) is 0 Å². The fourth-order valence-electron chi connectivity index (χ4n) is 4.92. The van der Waals surface area contributed by atoms with Crippen molar-refractivity contribution in [2.45, 2.75) is 44.2 Å². The topological polar surface area (TPSA) is 88.5 Å². The highest BCUT2D eigenvalue weighted by Crippen LogP contribution is 2.39. The maximum Gasteiger partial charge on any atom is 0.433 e. The number of carboxylic acids is 1. The van der Waals surface area contributed by atoms with E-state index in [1.54, 1.807) is 42.5 Å². The van der Waals surface area contributed by atoms with Crippen LogP contribution in [0.3, 0.4) is 0 Å². The molecule has 4 aromatic rings. The Morgan fingerprint density at radius 3 is 2.26 bits per heavy atom. The Balaban J connectivity index is 1.66. The number of aliphatic carboxylic acids is 1. The molecule has 1 aromatic heterocycles. The first-order chi connectivity index (χ1) is 20.1. The number of aromatic nitrogens is 1. The second kappa shape index (κ2) is 13.7. The lowest BCUT2D eigenvalue weighted by Gasteiger charge is -2.29. The lowest BCUT2D eigenvalue weighted by molar-refractivity contribution is -0.141. The SMILES string of the molecule is CCC[C@H](c1ccc(C(=O)NCCC(=O)O)cc1)[C@@H](COc1cc(C(F)(F)F)nc2ccccc12)c1ccc(Cl)cc1. The smallest absolute Gasteiger partial charge is 0.433 e. The highest BCUT2D eigenvalue weighted by molar-refractivity contribution is 6.30. The van der Waals surface area contributed by atoms with Crippen molar-refractivity contribution in [2.75, 3.05) is 13.2 Å². The van der Waals surface area contributed by atoms with Crippen LogP contribution in [-0.4, -0.2) is 35.1 Å². The summed E-state index contributed by atoms with van der Waals surface area (Å²) in [5, 5.41) is 12.4. The minimum absolute atomic E-state index is 0.0180. The normalized spacial score (nSPS) is 13.0. The van der Waals surface area contributed by atoms with Crippen LogP contribution in [0.4, 0.5) is 13.2 Å². The summed E-state index contributed by atoms with van der Waals surface area (Å²) in [4.78, 5) is 27.0. The highest BCUT2D eigenvalue weighted by Gasteiger charge is 2.34. The van der Waals surface area contributed by atoms with Crippen molar-refractivity contribution >= 4 is 34.4 Å². The van der Waals surface area contributed by atoms with Crippen LogP contribution >= 0.6 is 11.6 Å². The number of benzene rings is 3. The van der Waals surface area contributed by atoms with Crippen molar-refractivity contribution in [1.82, 2.24) is 10.3 Å². The Kier molecular flexibility index (Phi) is 10.1. The van der Waals surface area contributed by atoms with Gasteiger partial charge in [0.1, 0.15) is 11.4 Å². The van der Waals surface area contributed by atoms with Crippen molar-refractivity contribution in [3.05, 3.63) is 106 Å². The number of nitrogens with one attached hydrogen (secondary N) is 1. The molecule has 0 aliphatic heterocycles. The zero-order valence-corrected chi connectivity index (χ0v) is 23.6. The van der Waals surface area contributed by atoms with Gasteiger partial charge in [0.2, 0.25) is 0 Å². The first-order valence-electron chi connectivity index (χ1n) is 13.5. The first-order valence-corrected chi connectivity index (χ1v) is 13.9. The van der Waals surface area contributed by atoms with Crippen LogP contribution in [0.25, 0.3) is 10.9 Å². The van der Waals surface area contributed by atoms with E-state index in [0.717, 1.165) is 30.0 Å². The second-order valence-electron chi connectivity index (χ2n) is 9.91. The van der Waals surface area contributed by atoms with E-state index in [0.29, 0.717) is 16.0 Å². The third-order valence-electron chi connectivity index (χ3n) is 7.00. The number of nitrogens with zero attached hydrogens (tertiary/aromatic N) is 1. The highest BCUT2D eigenvalue weighted by atomic mass is 35.5. The van der Waals surface area contributed by atoms with Gasteiger partial charge in [-0.05, 0) is 59.9 Å². The summed E-state index contributed by atoms with van der Waals surface area (Å²) in [6.07, 6.45) is -3.25. The van der Waals surface area contributed by atoms with Gasteiger partial charge in [0, 0.05) is 34.5 Å². The van der Waals surface area contributed by atoms with Crippen LogP contribution in [0.2, 0.25) is 5.02 Å². The number of carbonyl (C=O) groups excluding carboxylic acids is 1. The number of para-hydroxylation sites is 1. The molecular formula is C32H30ClF3N2O4. The molecule has 6 nitrogen and oxygen atoms in total. The van der Waals surface area contributed by atoms with Gasteiger partial charge in [-0.1, -0.05) is 61.3 Å². The molecule has 0 aliphatic rings. The van der Waals surface area contributed by atoms with Gasteiger partial charge in [-0.2, -0.15) is 13.2 Å². The Morgan fingerprint density at radius 2 is 1.62 bits per heavy atom. The van der Waals surface area contributed by atoms with Crippen LogP contribution in [-0.2, 0) is 11.0 Å². The average molecular weight is 599 g/mol. The fraction of sp³-hybridized carbons (Fsp3) is 0.281. The molecule has 0 unspecified atom stereocenters. The summed E-state index contributed by atoms with van der Waals surface area (Å²) < 4.78 is 47.2. The molecule has 2 atom stereocenters. The zero-order chi connectivity index (χ0) is 30.3. The van der Waals surface area contributed by atoms with Crippen LogP contribution < -0.4 is 10.1 Å². The lowest BCUT2D eigenvalue weighted by Crippen LogP contribution is -2.26. The molecule has 0 fully saturated rings. The number of carbonyl (C=O) groups is 2. The molecule has 0 spiro atoms. The molecular weight excluding hydrogens is 569 g/mol. The molecule has 0 aliphatic carbocycles. The van der Waals surface area contributed by atoms with Gasteiger partial charge in [0.25, 0.3) is 5.91 Å². The number of halogens is 4. The van der Waals surface area contributed by atoms with E-state index in [9.17, 15) is 22.8 Å². The molecule has 0 radical (unpaired) electrons. The maximum atomic E-state index is 13.7. The van der Waals surface area contributed by atoms with E-state index in [4.69, 9.17) is 21.4 Å². The van der Waals surface area contributed by atoms with Crippen molar-refractivity contribution in [3.8, 4) is 5.75 Å².